The summed E-state index contributed by atoms with van der Waals surface area (Å²) in [6, 6.07) is 0. The number of rotatable bonds is 26. The second-order valence-corrected chi connectivity index (χ2v) is 12.6. The second-order valence-electron chi connectivity index (χ2n) is 11.1. The summed E-state index contributed by atoms with van der Waals surface area (Å²) >= 11 is 0. The topological polar surface area (TPSA) is 108 Å². The molecule has 0 saturated carbocycles. The lowest BCUT2D eigenvalue weighted by atomic mass is 10.1. The molecular formula is C29H57NO8P+. The van der Waals surface area contributed by atoms with Crippen LogP contribution < -0.4 is 0 Å². The highest BCUT2D eigenvalue weighted by Crippen LogP contribution is 2.43. The molecule has 0 heterocycles. The van der Waals surface area contributed by atoms with Crippen LogP contribution in [0.1, 0.15) is 110 Å². The van der Waals surface area contributed by atoms with Gasteiger partial charge in [0.25, 0.3) is 0 Å². The van der Waals surface area contributed by atoms with Gasteiger partial charge < -0.3 is 18.9 Å². The Bertz CT molecular complexity index is 708. The molecule has 1 N–H and O–H groups in total. The average molecular weight is 579 g/mol. The Morgan fingerprint density at radius 1 is 0.769 bits per heavy atom. The molecule has 0 aliphatic carbocycles. The van der Waals surface area contributed by atoms with Crippen molar-refractivity contribution < 1.29 is 42.1 Å². The smallest absolute Gasteiger partial charge is 0.462 e. The van der Waals surface area contributed by atoms with Gasteiger partial charge in [0.05, 0.1) is 27.7 Å². The van der Waals surface area contributed by atoms with Gasteiger partial charge in [-0.3, -0.25) is 18.6 Å². The fourth-order valence-corrected chi connectivity index (χ4v) is 4.34. The van der Waals surface area contributed by atoms with Crippen molar-refractivity contribution in [3.05, 3.63) is 12.2 Å². The fraction of sp³-hybridized carbons (Fsp3) is 0.862. The maximum Gasteiger partial charge on any atom is 0.472 e. The molecule has 0 spiro atoms. The Balaban J connectivity index is 4.55. The Hall–Kier alpha value is -1.25. The van der Waals surface area contributed by atoms with E-state index >= 15 is 0 Å². The van der Waals surface area contributed by atoms with Gasteiger partial charge in [-0.15, -0.1) is 0 Å². The quantitative estimate of drug-likeness (QED) is 0.0396. The Morgan fingerprint density at radius 3 is 2.00 bits per heavy atom. The minimum absolute atomic E-state index is 0.0315. The number of phosphoric acid groups is 1. The lowest BCUT2D eigenvalue weighted by Crippen LogP contribution is -2.37. The van der Waals surface area contributed by atoms with Crippen LogP contribution in [0.4, 0.5) is 0 Å². The first kappa shape index (κ1) is 37.8. The number of carbonyl (C=O) groups is 2. The van der Waals surface area contributed by atoms with E-state index in [9.17, 15) is 19.0 Å². The molecule has 2 atom stereocenters. The van der Waals surface area contributed by atoms with E-state index in [4.69, 9.17) is 18.5 Å². The van der Waals surface area contributed by atoms with Crippen molar-refractivity contribution in [3.63, 3.8) is 0 Å². The first-order valence-electron chi connectivity index (χ1n) is 14.9. The average Bonchev–Trinajstić information content (AvgIpc) is 2.85. The molecule has 9 nitrogen and oxygen atoms in total. The predicted molar refractivity (Wildman–Crippen MR) is 155 cm³/mol. The summed E-state index contributed by atoms with van der Waals surface area (Å²) in [5.74, 6) is -0.830. The van der Waals surface area contributed by atoms with E-state index in [2.05, 4.69) is 26.0 Å². The van der Waals surface area contributed by atoms with Gasteiger partial charge in [-0.05, 0) is 32.1 Å². The van der Waals surface area contributed by atoms with E-state index in [1.54, 1.807) is 0 Å². The third-order valence-corrected chi connectivity index (χ3v) is 7.01. The number of phosphoric ester groups is 1. The van der Waals surface area contributed by atoms with Crippen molar-refractivity contribution in [1.82, 2.24) is 0 Å². The molecule has 0 rings (SSSR count). The summed E-state index contributed by atoms with van der Waals surface area (Å²) in [5.41, 5.74) is 0. The van der Waals surface area contributed by atoms with Gasteiger partial charge >= 0.3 is 19.8 Å². The SMILES string of the molecule is CCC/C=C\CCCCCCCC(=O)OC(COC(=O)CCCCCCC)COP(=O)(O)OCC[N+](C)(C)C. The summed E-state index contributed by atoms with van der Waals surface area (Å²) in [6.45, 7) is 4.21. The minimum Gasteiger partial charge on any atom is -0.462 e. The number of nitrogens with zero attached hydrogens (tertiary/aromatic N) is 1. The highest BCUT2D eigenvalue weighted by Gasteiger charge is 2.27. The van der Waals surface area contributed by atoms with Crippen LogP contribution in [-0.4, -0.2) is 74.9 Å². The molecule has 0 saturated heterocycles. The molecule has 0 aromatic heterocycles. The van der Waals surface area contributed by atoms with Crippen molar-refractivity contribution in [2.75, 3.05) is 47.5 Å². The maximum atomic E-state index is 12.4. The standard InChI is InChI=1S/C29H56NO8P/c1-6-8-10-12-13-14-15-16-18-20-22-29(32)38-27(25-35-28(31)21-19-17-11-9-7-2)26-37-39(33,34)36-24-23-30(3,4)5/h10,12,27H,6-9,11,13-26H2,1-5H3/p+1/b12-10-. The molecule has 0 fully saturated rings. The highest BCUT2D eigenvalue weighted by molar-refractivity contribution is 7.47. The van der Waals surface area contributed by atoms with Crippen molar-refractivity contribution in [2.24, 2.45) is 0 Å². The Kier molecular flexibility index (Phi) is 22.7. The zero-order valence-electron chi connectivity index (χ0n) is 25.4. The molecule has 0 aromatic carbocycles. The van der Waals surface area contributed by atoms with Crippen molar-refractivity contribution >= 4 is 19.8 Å². The summed E-state index contributed by atoms with van der Waals surface area (Å²) in [5, 5.41) is 0. The first-order valence-corrected chi connectivity index (χ1v) is 16.4. The zero-order chi connectivity index (χ0) is 29.4. The molecule has 0 bridgehead atoms. The monoisotopic (exact) mass is 578 g/mol. The summed E-state index contributed by atoms with van der Waals surface area (Å²) in [7, 11) is 1.47. The third kappa shape index (κ3) is 26.7. The number of hydrogen-bond donors (Lipinski definition) is 1. The van der Waals surface area contributed by atoms with Gasteiger partial charge in [-0.1, -0.05) is 77.4 Å². The molecule has 0 aromatic rings. The molecule has 0 radical (unpaired) electrons. The van der Waals surface area contributed by atoms with Crippen LogP contribution in [0.25, 0.3) is 0 Å². The van der Waals surface area contributed by atoms with Crippen LogP contribution in [0.15, 0.2) is 12.2 Å². The largest absolute Gasteiger partial charge is 0.472 e. The Morgan fingerprint density at radius 2 is 1.36 bits per heavy atom. The van der Waals surface area contributed by atoms with Crippen LogP contribution in [-0.2, 0) is 32.7 Å². The van der Waals surface area contributed by atoms with Gasteiger partial charge in [-0.2, -0.15) is 0 Å². The van der Waals surface area contributed by atoms with Crippen LogP contribution in [0, 0.1) is 0 Å². The normalized spacial score (nSPS) is 14.3. The molecular weight excluding hydrogens is 521 g/mol. The number of allylic oxidation sites excluding steroid dienone is 2. The van der Waals surface area contributed by atoms with Gasteiger partial charge in [0.2, 0.25) is 0 Å². The fourth-order valence-electron chi connectivity index (χ4n) is 3.60. The van der Waals surface area contributed by atoms with E-state index in [1.807, 2.05) is 21.1 Å². The number of hydrogen-bond acceptors (Lipinski definition) is 7. The predicted octanol–water partition coefficient (Wildman–Crippen LogP) is 6.73. The first-order chi connectivity index (χ1) is 18.5. The van der Waals surface area contributed by atoms with Crippen molar-refractivity contribution in [1.29, 1.82) is 0 Å². The number of ether oxygens (including phenoxy) is 2. The molecule has 10 heteroatoms. The second kappa shape index (κ2) is 23.5. The maximum absolute atomic E-state index is 12.4. The molecule has 0 aliphatic heterocycles. The number of carbonyl (C=O) groups excluding carboxylic acids is 2. The number of quaternary nitrogens is 1. The zero-order valence-corrected chi connectivity index (χ0v) is 26.3. The lowest BCUT2D eigenvalue weighted by Gasteiger charge is -2.24. The highest BCUT2D eigenvalue weighted by atomic mass is 31.2. The van der Waals surface area contributed by atoms with Gasteiger partial charge in [-0.25, -0.2) is 4.57 Å². The van der Waals surface area contributed by atoms with Crippen LogP contribution in [0.3, 0.4) is 0 Å². The van der Waals surface area contributed by atoms with Crippen molar-refractivity contribution in [2.45, 2.75) is 116 Å². The van der Waals surface area contributed by atoms with E-state index in [1.165, 1.54) is 6.42 Å². The molecule has 230 valence electrons. The molecule has 2 unspecified atom stereocenters. The van der Waals surface area contributed by atoms with Crippen LogP contribution >= 0.6 is 7.82 Å². The van der Waals surface area contributed by atoms with Crippen molar-refractivity contribution in [3.8, 4) is 0 Å². The lowest BCUT2D eigenvalue weighted by molar-refractivity contribution is -0.870. The van der Waals surface area contributed by atoms with E-state index < -0.39 is 26.5 Å². The Labute approximate surface area is 237 Å². The summed E-state index contributed by atoms with van der Waals surface area (Å²) in [6.07, 6.45) is 17.4. The molecule has 39 heavy (non-hydrogen) atoms. The minimum atomic E-state index is -4.34. The molecule has 0 amide bonds. The van der Waals surface area contributed by atoms with Gasteiger partial charge in [0.15, 0.2) is 6.10 Å². The number of esters is 2. The number of likely N-dealkylation sites (N-methyl/N-ethyl adjacent to an activating group) is 1. The van der Waals surface area contributed by atoms with Gasteiger partial charge in [0.1, 0.15) is 19.8 Å². The summed E-state index contributed by atoms with van der Waals surface area (Å²) < 4.78 is 33.7. The van der Waals surface area contributed by atoms with E-state index in [0.717, 1.165) is 70.6 Å². The van der Waals surface area contributed by atoms with Crippen LogP contribution in [0.5, 0.6) is 0 Å². The van der Waals surface area contributed by atoms with Crippen LogP contribution in [0.2, 0.25) is 0 Å². The third-order valence-electron chi connectivity index (χ3n) is 6.03. The molecule has 0 aliphatic rings. The van der Waals surface area contributed by atoms with E-state index in [0.29, 0.717) is 17.4 Å². The van der Waals surface area contributed by atoms with E-state index in [-0.39, 0.29) is 32.0 Å². The summed E-state index contributed by atoms with van der Waals surface area (Å²) in [4.78, 5) is 34.6. The number of unbranched alkanes of at least 4 members (excludes halogenated alkanes) is 10. The van der Waals surface area contributed by atoms with Gasteiger partial charge in [0, 0.05) is 12.8 Å².